The van der Waals surface area contributed by atoms with Gasteiger partial charge in [0.05, 0.1) is 12.2 Å². The van der Waals surface area contributed by atoms with Crippen LogP contribution in [-0.4, -0.2) is 22.4 Å². The van der Waals surface area contributed by atoms with Crippen LogP contribution in [0.5, 0.6) is 0 Å². The van der Waals surface area contributed by atoms with Crippen LogP contribution in [-0.2, 0) is 0 Å². The molecule has 2 bridgehead atoms. The molecule has 3 aliphatic rings. The summed E-state index contributed by atoms with van der Waals surface area (Å²) in [6, 6.07) is 0. The standard InChI is InChI=1S/C15H26O2/c1-13(2)8-12(17)15-7-5-11(16)14(3,9-15)6-4-10(13)15/h10-12,16-17H,4-9H2,1-3H3/t10-,11?,12-,14+,15-/m0/s1. The van der Waals surface area contributed by atoms with E-state index in [1.807, 2.05) is 0 Å². The summed E-state index contributed by atoms with van der Waals surface area (Å²) in [4.78, 5) is 0. The molecule has 1 unspecified atom stereocenters. The molecule has 0 radical (unpaired) electrons. The van der Waals surface area contributed by atoms with Gasteiger partial charge in [0.25, 0.3) is 0 Å². The van der Waals surface area contributed by atoms with Gasteiger partial charge in [-0.2, -0.15) is 0 Å². The molecule has 2 N–H and O–H groups in total. The van der Waals surface area contributed by atoms with Gasteiger partial charge >= 0.3 is 0 Å². The highest BCUT2D eigenvalue weighted by Crippen LogP contribution is 2.68. The second-order valence-electron chi connectivity index (χ2n) is 7.92. The number of aliphatic hydroxyl groups excluding tert-OH is 2. The first kappa shape index (κ1) is 12.0. The van der Waals surface area contributed by atoms with Gasteiger partial charge in [0.15, 0.2) is 0 Å². The Hall–Kier alpha value is -0.0800. The number of hydrogen-bond acceptors (Lipinski definition) is 2. The third-order valence-electron chi connectivity index (χ3n) is 6.45. The van der Waals surface area contributed by atoms with Gasteiger partial charge in [-0.3, -0.25) is 0 Å². The van der Waals surface area contributed by atoms with Crippen LogP contribution in [0.2, 0.25) is 0 Å². The molecular formula is C15H26O2. The average molecular weight is 238 g/mol. The van der Waals surface area contributed by atoms with Crippen molar-refractivity contribution in [1.29, 1.82) is 0 Å². The van der Waals surface area contributed by atoms with E-state index in [9.17, 15) is 10.2 Å². The lowest BCUT2D eigenvalue weighted by Gasteiger charge is -2.57. The van der Waals surface area contributed by atoms with Crippen molar-refractivity contribution in [3.05, 3.63) is 0 Å². The summed E-state index contributed by atoms with van der Waals surface area (Å²) in [5.41, 5.74) is 0.467. The maximum absolute atomic E-state index is 10.6. The zero-order chi connectivity index (χ0) is 12.5. The van der Waals surface area contributed by atoms with Gasteiger partial charge in [0, 0.05) is 5.41 Å². The van der Waals surface area contributed by atoms with E-state index < -0.39 is 0 Å². The monoisotopic (exact) mass is 238 g/mol. The number of hydrogen-bond donors (Lipinski definition) is 2. The Morgan fingerprint density at radius 2 is 1.65 bits per heavy atom. The fourth-order valence-electron chi connectivity index (χ4n) is 5.56. The van der Waals surface area contributed by atoms with Gasteiger partial charge in [-0.15, -0.1) is 0 Å². The van der Waals surface area contributed by atoms with Crippen molar-refractivity contribution in [3.63, 3.8) is 0 Å². The Kier molecular flexibility index (Phi) is 2.30. The van der Waals surface area contributed by atoms with E-state index in [-0.39, 0.29) is 28.5 Å². The van der Waals surface area contributed by atoms with E-state index in [0.717, 1.165) is 32.1 Å². The lowest BCUT2D eigenvalue weighted by atomic mass is 9.49. The molecular weight excluding hydrogens is 212 g/mol. The fraction of sp³-hybridized carbons (Fsp3) is 1.00. The molecule has 2 heteroatoms. The van der Waals surface area contributed by atoms with Crippen molar-refractivity contribution in [2.24, 2.45) is 22.2 Å². The third kappa shape index (κ3) is 1.40. The molecule has 2 nitrogen and oxygen atoms in total. The number of rotatable bonds is 0. The Bertz CT molecular complexity index is 338. The number of fused-ring (bicyclic) bond motifs is 1. The van der Waals surface area contributed by atoms with E-state index in [1.54, 1.807) is 0 Å². The van der Waals surface area contributed by atoms with Gasteiger partial charge < -0.3 is 10.2 Å². The fourth-order valence-corrected chi connectivity index (χ4v) is 5.56. The summed E-state index contributed by atoms with van der Waals surface area (Å²) < 4.78 is 0. The molecule has 0 aliphatic heterocycles. The van der Waals surface area contributed by atoms with Crippen molar-refractivity contribution in [2.45, 2.75) is 71.5 Å². The van der Waals surface area contributed by atoms with Crippen LogP contribution >= 0.6 is 0 Å². The zero-order valence-electron chi connectivity index (χ0n) is 11.4. The number of aliphatic hydroxyl groups is 2. The van der Waals surface area contributed by atoms with Gasteiger partial charge in [0.1, 0.15) is 0 Å². The van der Waals surface area contributed by atoms with Crippen LogP contribution in [0.1, 0.15) is 59.3 Å². The van der Waals surface area contributed by atoms with Gasteiger partial charge in [-0.25, -0.2) is 0 Å². The van der Waals surface area contributed by atoms with E-state index in [4.69, 9.17) is 0 Å². The highest BCUT2D eigenvalue weighted by Gasteiger charge is 2.64. The Labute approximate surface area is 104 Å². The van der Waals surface area contributed by atoms with Crippen molar-refractivity contribution < 1.29 is 10.2 Å². The molecule has 0 heterocycles. The SMILES string of the molecule is CC1(C)C[C@H](O)[C@]23CCC(O)[C@](C)(CC[C@@H]12)C3. The smallest absolute Gasteiger partial charge is 0.0604 e. The predicted molar refractivity (Wildman–Crippen MR) is 67.5 cm³/mol. The topological polar surface area (TPSA) is 40.5 Å². The van der Waals surface area contributed by atoms with Crippen LogP contribution in [0, 0.1) is 22.2 Å². The van der Waals surface area contributed by atoms with Crippen molar-refractivity contribution in [3.8, 4) is 0 Å². The van der Waals surface area contributed by atoms with Crippen molar-refractivity contribution in [2.75, 3.05) is 0 Å². The molecule has 0 amide bonds. The minimum absolute atomic E-state index is 0.0656. The minimum Gasteiger partial charge on any atom is -0.393 e. The van der Waals surface area contributed by atoms with Crippen LogP contribution in [0.15, 0.2) is 0 Å². The normalized spacial score (nSPS) is 56.6. The molecule has 17 heavy (non-hydrogen) atoms. The summed E-state index contributed by atoms with van der Waals surface area (Å²) >= 11 is 0. The Morgan fingerprint density at radius 1 is 0.941 bits per heavy atom. The predicted octanol–water partition coefficient (Wildman–Crippen LogP) is 2.72. The maximum atomic E-state index is 10.6. The first-order valence-electron chi connectivity index (χ1n) is 7.16. The molecule has 3 fully saturated rings. The molecule has 1 spiro atoms. The van der Waals surface area contributed by atoms with Crippen molar-refractivity contribution in [1.82, 2.24) is 0 Å². The largest absolute Gasteiger partial charge is 0.393 e. The van der Waals surface area contributed by atoms with E-state index in [2.05, 4.69) is 20.8 Å². The van der Waals surface area contributed by atoms with Crippen LogP contribution < -0.4 is 0 Å². The Balaban J connectivity index is 2.00. The summed E-state index contributed by atoms with van der Waals surface area (Å²) in [5, 5.41) is 20.8. The van der Waals surface area contributed by atoms with Gasteiger partial charge in [-0.05, 0) is 55.3 Å². The highest BCUT2D eigenvalue weighted by atomic mass is 16.3. The molecule has 5 atom stereocenters. The second kappa shape index (κ2) is 3.27. The lowest BCUT2D eigenvalue weighted by Crippen LogP contribution is -2.54. The van der Waals surface area contributed by atoms with Gasteiger partial charge in [0.2, 0.25) is 0 Å². The zero-order valence-corrected chi connectivity index (χ0v) is 11.4. The van der Waals surface area contributed by atoms with Gasteiger partial charge in [-0.1, -0.05) is 20.8 Å². The van der Waals surface area contributed by atoms with Crippen LogP contribution in [0.25, 0.3) is 0 Å². The average Bonchev–Trinajstić information content (AvgIpc) is 2.41. The molecule has 3 saturated carbocycles. The first-order valence-corrected chi connectivity index (χ1v) is 7.16. The summed E-state index contributed by atoms with van der Waals surface area (Å²) in [6.07, 6.45) is 5.94. The van der Waals surface area contributed by atoms with E-state index >= 15 is 0 Å². The molecule has 0 aromatic rings. The third-order valence-corrected chi connectivity index (χ3v) is 6.45. The summed E-state index contributed by atoms with van der Waals surface area (Å²) in [5.74, 6) is 0.658. The molecule has 3 aliphatic carbocycles. The highest BCUT2D eigenvalue weighted by molar-refractivity contribution is 5.14. The van der Waals surface area contributed by atoms with Crippen molar-refractivity contribution >= 4 is 0 Å². The molecule has 0 aromatic heterocycles. The van der Waals surface area contributed by atoms with Crippen LogP contribution in [0.3, 0.4) is 0 Å². The Morgan fingerprint density at radius 3 is 2.35 bits per heavy atom. The van der Waals surface area contributed by atoms with Crippen LogP contribution in [0.4, 0.5) is 0 Å². The minimum atomic E-state index is -0.148. The molecule has 0 aromatic carbocycles. The first-order chi connectivity index (χ1) is 7.80. The molecule has 0 saturated heterocycles. The maximum Gasteiger partial charge on any atom is 0.0604 e. The summed E-state index contributed by atoms with van der Waals surface area (Å²) in [7, 11) is 0. The second-order valence-corrected chi connectivity index (χ2v) is 7.92. The van der Waals surface area contributed by atoms with E-state index in [1.165, 1.54) is 6.42 Å². The quantitative estimate of drug-likeness (QED) is 0.681. The molecule has 98 valence electrons. The van der Waals surface area contributed by atoms with E-state index in [0.29, 0.717) is 5.92 Å². The molecule has 3 rings (SSSR count). The lowest BCUT2D eigenvalue weighted by molar-refractivity contribution is -0.144. The summed E-state index contributed by atoms with van der Waals surface area (Å²) in [6.45, 7) is 6.87.